The lowest BCUT2D eigenvalue weighted by Crippen LogP contribution is -2.15. The fraction of sp³-hybridized carbons (Fsp3) is 0.176. The summed E-state index contributed by atoms with van der Waals surface area (Å²) < 4.78 is 1.92. The van der Waals surface area contributed by atoms with Crippen LogP contribution in [-0.4, -0.2) is 25.5 Å². The number of nitrogens with zero attached hydrogens (tertiary/aromatic N) is 4. The van der Waals surface area contributed by atoms with Gasteiger partial charge in [-0.05, 0) is 19.4 Å². The molecule has 3 aromatic heterocycles. The summed E-state index contributed by atoms with van der Waals surface area (Å²) in [6.07, 6.45) is 3.86. The fourth-order valence-electron chi connectivity index (χ4n) is 2.66. The van der Waals surface area contributed by atoms with E-state index in [9.17, 15) is 4.79 Å². The molecule has 0 saturated heterocycles. The minimum atomic E-state index is -0.114. The zero-order valence-electron chi connectivity index (χ0n) is 13.7. The highest BCUT2D eigenvalue weighted by Crippen LogP contribution is 2.29. The van der Waals surface area contributed by atoms with E-state index in [1.54, 1.807) is 6.20 Å². The minimum Gasteiger partial charge on any atom is -0.300 e. The van der Waals surface area contributed by atoms with Crippen molar-refractivity contribution in [1.82, 2.24) is 19.6 Å². The average molecular weight is 369 g/mol. The van der Waals surface area contributed by atoms with Gasteiger partial charge in [0.05, 0.1) is 6.42 Å². The number of aryl methyl sites for hydroxylation is 2. The number of aromatic nitrogens is 4. The number of nitrogens with one attached hydrogen (secondary N) is 1. The second kappa shape index (κ2) is 6.38. The van der Waals surface area contributed by atoms with Gasteiger partial charge >= 0.3 is 0 Å². The predicted octanol–water partition coefficient (Wildman–Crippen LogP) is 3.71. The molecule has 6 nitrogen and oxygen atoms in total. The molecule has 1 amide bonds. The Balaban J connectivity index is 1.49. The normalized spacial score (nSPS) is 11.1. The van der Waals surface area contributed by atoms with Crippen LogP contribution < -0.4 is 5.32 Å². The second-order valence-electron chi connectivity index (χ2n) is 5.76. The molecule has 8 heteroatoms. The van der Waals surface area contributed by atoms with Crippen molar-refractivity contribution in [3.8, 4) is 10.6 Å². The Morgan fingerprint density at radius 1 is 1.28 bits per heavy atom. The molecule has 0 unspecified atom stereocenters. The Morgan fingerprint density at radius 3 is 3.00 bits per heavy atom. The number of hydrogen-bond donors (Lipinski definition) is 1. The first-order valence-electron chi connectivity index (χ1n) is 7.70. The van der Waals surface area contributed by atoms with E-state index in [1.165, 1.54) is 28.2 Å². The van der Waals surface area contributed by atoms with Crippen molar-refractivity contribution in [2.45, 2.75) is 20.3 Å². The van der Waals surface area contributed by atoms with Crippen LogP contribution in [0.2, 0.25) is 0 Å². The molecule has 0 aliphatic carbocycles. The number of fused-ring (bicyclic) bond motifs is 1. The molecule has 0 atom stereocenters. The van der Waals surface area contributed by atoms with Crippen LogP contribution in [0.25, 0.3) is 15.5 Å². The molecule has 1 N–H and O–H groups in total. The van der Waals surface area contributed by atoms with Crippen LogP contribution in [0.5, 0.6) is 0 Å². The summed E-state index contributed by atoms with van der Waals surface area (Å²) in [5, 5.41) is 14.4. The quantitative estimate of drug-likeness (QED) is 0.595. The lowest BCUT2D eigenvalue weighted by atomic mass is 10.1. The zero-order valence-corrected chi connectivity index (χ0v) is 15.3. The van der Waals surface area contributed by atoms with Crippen molar-refractivity contribution in [2.75, 3.05) is 5.32 Å². The van der Waals surface area contributed by atoms with Gasteiger partial charge in [0.1, 0.15) is 5.01 Å². The maximum atomic E-state index is 12.3. The number of imidazole rings is 1. The molecule has 0 aliphatic rings. The van der Waals surface area contributed by atoms with Gasteiger partial charge in [-0.1, -0.05) is 35.1 Å². The molecule has 0 fully saturated rings. The van der Waals surface area contributed by atoms with Gasteiger partial charge in [0.25, 0.3) is 0 Å². The van der Waals surface area contributed by atoms with E-state index in [4.69, 9.17) is 0 Å². The molecule has 1 aromatic carbocycles. The Labute approximate surface area is 152 Å². The third kappa shape index (κ3) is 3.18. The number of anilines is 1. The molecule has 0 radical (unpaired) electrons. The molecule has 4 rings (SSSR count). The van der Waals surface area contributed by atoms with Crippen LogP contribution in [0.15, 0.2) is 36.0 Å². The molecular weight excluding hydrogens is 354 g/mol. The van der Waals surface area contributed by atoms with Crippen molar-refractivity contribution < 1.29 is 4.79 Å². The molecular formula is C17H15N5OS2. The SMILES string of the molecule is Cc1ccc(-c2nnc(NC(=O)Cc3csc4nccn34)s2)c(C)c1. The van der Waals surface area contributed by atoms with E-state index in [1.807, 2.05) is 22.0 Å². The fourth-order valence-corrected chi connectivity index (χ4v) is 4.37. The number of amides is 1. The highest BCUT2D eigenvalue weighted by atomic mass is 32.1. The number of benzene rings is 1. The van der Waals surface area contributed by atoms with Crippen LogP contribution in [0.4, 0.5) is 5.13 Å². The lowest BCUT2D eigenvalue weighted by molar-refractivity contribution is -0.115. The van der Waals surface area contributed by atoms with E-state index in [0.29, 0.717) is 5.13 Å². The number of thiazole rings is 1. The Morgan fingerprint density at radius 2 is 2.16 bits per heavy atom. The van der Waals surface area contributed by atoms with Gasteiger partial charge in [-0.2, -0.15) is 0 Å². The van der Waals surface area contributed by atoms with E-state index < -0.39 is 0 Å². The van der Waals surface area contributed by atoms with Crippen molar-refractivity contribution in [3.63, 3.8) is 0 Å². The molecule has 0 spiro atoms. The first-order chi connectivity index (χ1) is 12.1. The summed E-state index contributed by atoms with van der Waals surface area (Å²) in [6.45, 7) is 4.11. The summed E-state index contributed by atoms with van der Waals surface area (Å²) in [6, 6.07) is 6.20. The average Bonchev–Trinajstić information content (AvgIpc) is 3.26. The second-order valence-corrected chi connectivity index (χ2v) is 7.58. The Hall–Kier alpha value is -2.58. The van der Waals surface area contributed by atoms with Gasteiger partial charge in [0.15, 0.2) is 4.96 Å². The van der Waals surface area contributed by atoms with Crippen LogP contribution in [0, 0.1) is 13.8 Å². The highest BCUT2D eigenvalue weighted by Gasteiger charge is 2.13. The minimum absolute atomic E-state index is 0.114. The van der Waals surface area contributed by atoms with Crippen molar-refractivity contribution in [3.05, 3.63) is 52.8 Å². The summed E-state index contributed by atoms with van der Waals surface area (Å²) in [4.78, 5) is 17.4. The maximum absolute atomic E-state index is 12.3. The van der Waals surface area contributed by atoms with E-state index >= 15 is 0 Å². The third-order valence-corrected chi connectivity index (χ3v) is 5.62. The molecule has 3 heterocycles. The van der Waals surface area contributed by atoms with E-state index in [-0.39, 0.29) is 12.3 Å². The largest absolute Gasteiger partial charge is 0.300 e. The van der Waals surface area contributed by atoms with Crippen LogP contribution in [-0.2, 0) is 11.2 Å². The van der Waals surface area contributed by atoms with Crippen molar-refractivity contribution >= 4 is 38.7 Å². The summed E-state index contributed by atoms with van der Waals surface area (Å²) in [7, 11) is 0. The molecule has 126 valence electrons. The van der Waals surface area contributed by atoms with Crippen molar-refractivity contribution in [2.24, 2.45) is 0 Å². The van der Waals surface area contributed by atoms with E-state index in [0.717, 1.165) is 26.8 Å². The standard InChI is InChI=1S/C17H15N5OS2/c1-10-3-4-13(11(2)7-10)15-20-21-16(25-15)19-14(23)8-12-9-24-17-18-5-6-22(12)17/h3-7,9H,8H2,1-2H3,(H,19,21,23). The number of carbonyl (C=O) groups is 1. The van der Waals surface area contributed by atoms with Crippen molar-refractivity contribution in [1.29, 1.82) is 0 Å². The Kier molecular flexibility index (Phi) is 4.06. The number of rotatable bonds is 4. The smallest absolute Gasteiger partial charge is 0.232 e. The van der Waals surface area contributed by atoms with Gasteiger partial charge < -0.3 is 5.32 Å². The molecule has 0 aliphatic heterocycles. The first kappa shape index (κ1) is 15.9. The number of carbonyl (C=O) groups excluding carboxylic acids is 1. The lowest BCUT2D eigenvalue weighted by Gasteiger charge is -2.02. The predicted molar refractivity (Wildman–Crippen MR) is 100 cm³/mol. The maximum Gasteiger partial charge on any atom is 0.232 e. The third-order valence-electron chi connectivity index (χ3n) is 3.84. The van der Waals surface area contributed by atoms with E-state index in [2.05, 4.69) is 46.5 Å². The monoisotopic (exact) mass is 369 g/mol. The Bertz CT molecular complexity index is 1060. The van der Waals surface area contributed by atoms with Gasteiger partial charge in [0, 0.05) is 29.0 Å². The van der Waals surface area contributed by atoms with Gasteiger partial charge in [-0.15, -0.1) is 21.5 Å². The van der Waals surface area contributed by atoms with Crippen LogP contribution in [0.1, 0.15) is 16.8 Å². The van der Waals surface area contributed by atoms with Gasteiger partial charge in [-0.25, -0.2) is 4.98 Å². The van der Waals surface area contributed by atoms with Crippen LogP contribution in [0.3, 0.4) is 0 Å². The first-order valence-corrected chi connectivity index (χ1v) is 9.40. The molecule has 4 aromatic rings. The van der Waals surface area contributed by atoms with Gasteiger partial charge in [-0.3, -0.25) is 9.20 Å². The number of hydrogen-bond acceptors (Lipinski definition) is 6. The zero-order chi connectivity index (χ0) is 17.4. The summed E-state index contributed by atoms with van der Waals surface area (Å²) >= 11 is 2.90. The summed E-state index contributed by atoms with van der Waals surface area (Å²) in [5.41, 5.74) is 4.31. The molecule has 25 heavy (non-hydrogen) atoms. The topological polar surface area (TPSA) is 72.2 Å². The van der Waals surface area contributed by atoms with Gasteiger partial charge in [0.2, 0.25) is 11.0 Å². The molecule has 0 saturated carbocycles. The molecule has 0 bridgehead atoms. The van der Waals surface area contributed by atoms with Crippen LogP contribution >= 0.6 is 22.7 Å². The summed E-state index contributed by atoms with van der Waals surface area (Å²) in [5.74, 6) is -0.114. The highest BCUT2D eigenvalue weighted by molar-refractivity contribution is 7.18.